The molecular formula is C13H20N2O. The fourth-order valence-corrected chi connectivity index (χ4v) is 2.44. The molecule has 88 valence electrons. The van der Waals surface area contributed by atoms with Gasteiger partial charge in [0.2, 0.25) is 0 Å². The molecule has 2 rings (SSSR count). The Hall–Kier alpha value is -1.09. The van der Waals surface area contributed by atoms with Crippen LogP contribution in [0.4, 0.5) is 5.82 Å². The van der Waals surface area contributed by atoms with Gasteiger partial charge in [-0.3, -0.25) is 0 Å². The number of aromatic nitrogens is 1. The molecule has 3 nitrogen and oxygen atoms in total. The lowest BCUT2D eigenvalue weighted by Crippen LogP contribution is -2.24. The third-order valence-corrected chi connectivity index (χ3v) is 3.39. The van der Waals surface area contributed by atoms with E-state index in [2.05, 4.69) is 16.9 Å². The van der Waals surface area contributed by atoms with Crippen molar-refractivity contribution in [2.24, 2.45) is 5.92 Å². The normalized spacial score (nSPS) is 16.6. The molecule has 1 heterocycles. The molecule has 0 bridgehead atoms. The smallest absolute Gasteiger partial charge is 0.128 e. The van der Waals surface area contributed by atoms with Gasteiger partial charge in [0, 0.05) is 19.8 Å². The highest BCUT2D eigenvalue weighted by Gasteiger charge is 2.17. The Labute approximate surface area is 97.1 Å². The fourth-order valence-electron chi connectivity index (χ4n) is 2.44. The molecule has 1 aromatic rings. The van der Waals surface area contributed by atoms with E-state index in [1.54, 1.807) is 6.20 Å². The molecular weight excluding hydrogens is 200 g/mol. The van der Waals surface area contributed by atoms with E-state index in [9.17, 15) is 0 Å². The molecule has 0 unspecified atom stereocenters. The van der Waals surface area contributed by atoms with Gasteiger partial charge in [0.15, 0.2) is 0 Å². The zero-order valence-corrected chi connectivity index (χ0v) is 9.89. The van der Waals surface area contributed by atoms with Gasteiger partial charge >= 0.3 is 0 Å². The zero-order chi connectivity index (χ0) is 11.4. The van der Waals surface area contributed by atoms with Gasteiger partial charge in [-0.25, -0.2) is 4.98 Å². The van der Waals surface area contributed by atoms with Gasteiger partial charge in [0.05, 0.1) is 6.61 Å². The lowest BCUT2D eigenvalue weighted by Gasteiger charge is -2.22. The topological polar surface area (TPSA) is 36.4 Å². The first-order valence-corrected chi connectivity index (χ1v) is 6.06. The molecule has 1 saturated carbocycles. The van der Waals surface area contributed by atoms with Crippen LogP contribution in [0, 0.1) is 5.92 Å². The molecule has 0 aromatic carbocycles. The van der Waals surface area contributed by atoms with E-state index in [1.807, 2.05) is 12.1 Å². The predicted molar refractivity (Wildman–Crippen MR) is 65.4 cm³/mol. The summed E-state index contributed by atoms with van der Waals surface area (Å²) in [5.74, 6) is 1.79. The first-order valence-electron chi connectivity index (χ1n) is 6.06. The molecule has 3 heteroatoms. The lowest BCUT2D eigenvalue weighted by molar-refractivity contribution is 0.281. The van der Waals surface area contributed by atoms with Crippen molar-refractivity contribution in [3.63, 3.8) is 0 Å². The van der Waals surface area contributed by atoms with Crippen LogP contribution in [0.1, 0.15) is 31.2 Å². The Balaban J connectivity index is 1.98. The molecule has 0 aliphatic heterocycles. The second-order valence-electron chi connectivity index (χ2n) is 4.71. The molecule has 1 N–H and O–H groups in total. The Morgan fingerprint density at radius 3 is 2.88 bits per heavy atom. The van der Waals surface area contributed by atoms with Crippen LogP contribution in [0.15, 0.2) is 18.3 Å². The predicted octanol–water partition coefficient (Wildman–Crippen LogP) is 2.20. The van der Waals surface area contributed by atoms with Crippen molar-refractivity contribution in [3.8, 4) is 0 Å². The number of nitrogens with zero attached hydrogens (tertiary/aromatic N) is 2. The maximum atomic E-state index is 9.08. The Bertz CT molecular complexity index is 334. The summed E-state index contributed by atoms with van der Waals surface area (Å²) in [6, 6.07) is 3.82. The van der Waals surface area contributed by atoms with Crippen LogP contribution in [-0.2, 0) is 6.61 Å². The fraction of sp³-hybridized carbons (Fsp3) is 0.615. The first-order chi connectivity index (χ1) is 7.79. The SMILES string of the molecule is CN(CC1CCCC1)c1cc(CO)ccn1. The van der Waals surface area contributed by atoms with E-state index in [4.69, 9.17) is 5.11 Å². The number of anilines is 1. The summed E-state index contributed by atoms with van der Waals surface area (Å²) in [5, 5.41) is 9.08. The van der Waals surface area contributed by atoms with Gasteiger partial charge in [-0.05, 0) is 36.5 Å². The van der Waals surface area contributed by atoms with Gasteiger partial charge in [0.25, 0.3) is 0 Å². The van der Waals surface area contributed by atoms with E-state index < -0.39 is 0 Å². The van der Waals surface area contributed by atoms with Crippen molar-refractivity contribution < 1.29 is 5.11 Å². The maximum absolute atomic E-state index is 9.08. The number of aliphatic hydroxyl groups is 1. The van der Waals surface area contributed by atoms with Crippen LogP contribution < -0.4 is 4.90 Å². The number of hydrogen-bond acceptors (Lipinski definition) is 3. The van der Waals surface area contributed by atoms with E-state index in [-0.39, 0.29) is 6.61 Å². The molecule has 0 spiro atoms. The number of hydrogen-bond donors (Lipinski definition) is 1. The lowest BCUT2D eigenvalue weighted by atomic mass is 10.1. The minimum atomic E-state index is 0.0901. The summed E-state index contributed by atoms with van der Waals surface area (Å²) in [6.07, 6.45) is 7.23. The van der Waals surface area contributed by atoms with Crippen LogP contribution in [0.5, 0.6) is 0 Å². The van der Waals surface area contributed by atoms with E-state index in [0.29, 0.717) is 0 Å². The average Bonchev–Trinajstić information content (AvgIpc) is 2.82. The molecule has 0 atom stereocenters. The van der Waals surface area contributed by atoms with Crippen LogP contribution in [0.25, 0.3) is 0 Å². The summed E-state index contributed by atoms with van der Waals surface area (Å²) < 4.78 is 0. The monoisotopic (exact) mass is 220 g/mol. The number of aliphatic hydroxyl groups excluding tert-OH is 1. The summed E-state index contributed by atoms with van der Waals surface area (Å²) in [6.45, 7) is 1.18. The van der Waals surface area contributed by atoms with Crippen LogP contribution in [-0.4, -0.2) is 23.7 Å². The quantitative estimate of drug-likeness (QED) is 0.845. The summed E-state index contributed by atoms with van der Waals surface area (Å²) in [4.78, 5) is 6.55. The zero-order valence-electron chi connectivity index (χ0n) is 9.89. The van der Waals surface area contributed by atoms with Crippen molar-refractivity contribution in [1.29, 1.82) is 0 Å². The Kier molecular flexibility index (Phi) is 3.78. The van der Waals surface area contributed by atoms with Crippen molar-refractivity contribution in [3.05, 3.63) is 23.9 Å². The van der Waals surface area contributed by atoms with Crippen LogP contribution in [0.2, 0.25) is 0 Å². The molecule has 1 aliphatic carbocycles. The van der Waals surface area contributed by atoms with Crippen LogP contribution in [0.3, 0.4) is 0 Å². The number of pyridine rings is 1. The summed E-state index contributed by atoms with van der Waals surface area (Å²) in [7, 11) is 2.09. The molecule has 16 heavy (non-hydrogen) atoms. The highest BCUT2D eigenvalue weighted by atomic mass is 16.3. The van der Waals surface area contributed by atoms with Gasteiger partial charge in [0.1, 0.15) is 5.82 Å². The van der Waals surface area contributed by atoms with Gasteiger partial charge < -0.3 is 10.0 Å². The molecule has 1 fully saturated rings. The number of rotatable bonds is 4. The second-order valence-corrected chi connectivity index (χ2v) is 4.71. The third kappa shape index (κ3) is 2.73. The van der Waals surface area contributed by atoms with Crippen LogP contribution >= 0.6 is 0 Å². The standard InChI is InChI=1S/C13H20N2O/c1-15(9-11-4-2-3-5-11)13-8-12(10-16)6-7-14-13/h6-8,11,16H,2-5,9-10H2,1H3. The highest BCUT2D eigenvalue weighted by Crippen LogP contribution is 2.26. The van der Waals surface area contributed by atoms with Crippen molar-refractivity contribution >= 4 is 5.82 Å². The van der Waals surface area contributed by atoms with Crippen molar-refractivity contribution in [1.82, 2.24) is 4.98 Å². The minimum absolute atomic E-state index is 0.0901. The summed E-state index contributed by atoms with van der Waals surface area (Å²) in [5.41, 5.74) is 0.934. The van der Waals surface area contributed by atoms with E-state index >= 15 is 0 Å². The van der Waals surface area contributed by atoms with Crippen molar-refractivity contribution in [2.45, 2.75) is 32.3 Å². The molecule has 0 saturated heterocycles. The third-order valence-electron chi connectivity index (χ3n) is 3.39. The van der Waals surface area contributed by atoms with Gasteiger partial charge in [-0.1, -0.05) is 12.8 Å². The Morgan fingerprint density at radius 2 is 2.19 bits per heavy atom. The molecule has 0 amide bonds. The Morgan fingerprint density at radius 1 is 1.44 bits per heavy atom. The second kappa shape index (κ2) is 5.30. The van der Waals surface area contributed by atoms with Gasteiger partial charge in [-0.15, -0.1) is 0 Å². The minimum Gasteiger partial charge on any atom is -0.392 e. The highest BCUT2D eigenvalue weighted by molar-refractivity contribution is 5.39. The average molecular weight is 220 g/mol. The largest absolute Gasteiger partial charge is 0.392 e. The molecule has 0 radical (unpaired) electrons. The first kappa shape index (κ1) is 11.4. The molecule has 1 aromatic heterocycles. The summed E-state index contributed by atoms with van der Waals surface area (Å²) >= 11 is 0. The van der Waals surface area contributed by atoms with Crippen molar-refractivity contribution in [2.75, 3.05) is 18.5 Å². The molecule has 1 aliphatic rings. The van der Waals surface area contributed by atoms with E-state index in [1.165, 1.54) is 25.7 Å². The van der Waals surface area contributed by atoms with E-state index in [0.717, 1.165) is 23.8 Å². The van der Waals surface area contributed by atoms with Gasteiger partial charge in [-0.2, -0.15) is 0 Å². The maximum Gasteiger partial charge on any atom is 0.128 e.